The molecule has 23 heavy (non-hydrogen) atoms. The number of allylic oxidation sites excluding steroid dienone is 2. The summed E-state index contributed by atoms with van der Waals surface area (Å²) in [5.41, 5.74) is 0. The van der Waals surface area contributed by atoms with Crippen LogP contribution in [0, 0.1) is 11.8 Å². The number of hydrogen-bond acceptors (Lipinski definition) is 2. The minimum Gasteiger partial charge on any atom is -0.463 e. The molecule has 132 valence electrons. The number of carbonyl (C=O) groups is 1. The predicted molar refractivity (Wildman–Crippen MR) is 100 cm³/mol. The van der Waals surface area contributed by atoms with E-state index in [1.807, 2.05) is 6.08 Å². The summed E-state index contributed by atoms with van der Waals surface area (Å²) in [6.45, 7) is 2.42. The van der Waals surface area contributed by atoms with Gasteiger partial charge in [-0.15, -0.1) is 0 Å². The topological polar surface area (TPSA) is 26.3 Å². The summed E-state index contributed by atoms with van der Waals surface area (Å²) in [5.74, 6) is 5.41. The Morgan fingerprint density at radius 1 is 1.00 bits per heavy atom. The van der Waals surface area contributed by atoms with E-state index in [-0.39, 0.29) is 0 Å². The van der Waals surface area contributed by atoms with Gasteiger partial charge in [0.05, 0.1) is 6.61 Å². The van der Waals surface area contributed by atoms with Crippen LogP contribution < -0.4 is 0 Å². The molecule has 0 aliphatic rings. The molecule has 0 rings (SSSR count). The fraction of sp³-hybridized carbons (Fsp3) is 0.722. The Morgan fingerprint density at radius 3 is 2.13 bits per heavy atom. The first-order chi connectivity index (χ1) is 11.0. The summed E-state index contributed by atoms with van der Waals surface area (Å²) in [5, 5.41) is 0. The second-order valence-corrected chi connectivity index (χ2v) is 7.63. The molecular weight excluding hydrogens is 355 g/mol. The van der Waals surface area contributed by atoms with Crippen LogP contribution in [0.25, 0.3) is 0 Å². The third-order valence-electron chi connectivity index (χ3n) is 3.20. The molecule has 0 saturated heterocycles. The Kier molecular flexibility index (Phi) is 14.9. The number of hydrogen-bond donors (Lipinski definition) is 0. The smallest absolute Gasteiger partial charge is 0.358 e. The quantitative estimate of drug-likeness (QED) is 0.180. The van der Waals surface area contributed by atoms with Gasteiger partial charge in [-0.05, 0) is 25.3 Å². The second kappa shape index (κ2) is 15.2. The van der Waals surface area contributed by atoms with Crippen molar-refractivity contribution in [1.29, 1.82) is 0 Å². The van der Waals surface area contributed by atoms with Crippen molar-refractivity contribution in [2.24, 2.45) is 0 Å². The van der Waals surface area contributed by atoms with Gasteiger partial charge in [0, 0.05) is 6.42 Å². The number of carbonyl (C=O) groups excluding carboxylic acids is 1. The summed E-state index contributed by atoms with van der Waals surface area (Å²) in [6.07, 6.45) is 15.2. The number of halogens is 3. The first-order valence-electron chi connectivity index (χ1n) is 8.35. The summed E-state index contributed by atoms with van der Waals surface area (Å²) in [7, 11) is 0. The predicted octanol–water partition coefficient (Wildman–Crippen LogP) is 6.38. The van der Waals surface area contributed by atoms with Crippen molar-refractivity contribution in [2.75, 3.05) is 6.61 Å². The Morgan fingerprint density at radius 2 is 1.57 bits per heavy atom. The molecular formula is C18H27Cl3O2. The highest BCUT2D eigenvalue weighted by molar-refractivity contribution is 6.75. The van der Waals surface area contributed by atoms with Gasteiger partial charge >= 0.3 is 5.97 Å². The Balaban J connectivity index is 3.26. The first kappa shape index (κ1) is 22.6. The summed E-state index contributed by atoms with van der Waals surface area (Å²) in [4.78, 5) is 11.2. The molecule has 0 amide bonds. The van der Waals surface area contributed by atoms with E-state index in [0.29, 0.717) is 6.61 Å². The Bertz CT molecular complexity index is 389. The molecule has 5 heteroatoms. The van der Waals surface area contributed by atoms with Crippen LogP contribution in [-0.2, 0) is 9.53 Å². The van der Waals surface area contributed by atoms with Crippen LogP contribution in [0.5, 0.6) is 0 Å². The van der Waals surface area contributed by atoms with Crippen LogP contribution in [-0.4, -0.2) is 16.4 Å². The number of unbranched alkanes of at least 4 members (excludes halogenated alkanes) is 8. The standard InChI is InChI=1S/C18H27Cl3O2/c1-2-3-4-5-6-7-8-9-10-11-12-13-14-15-16-23-17(22)18(19,20)21/h3-4H,2,7-16H2,1H3/b4-3-. The van der Waals surface area contributed by atoms with Gasteiger partial charge in [-0.2, -0.15) is 0 Å². The van der Waals surface area contributed by atoms with E-state index in [1.165, 1.54) is 32.1 Å². The average Bonchev–Trinajstić information content (AvgIpc) is 2.50. The number of ether oxygens (including phenoxy) is 1. The van der Waals surface area contributed by atoms with E-state index >= 15 is 0 Å². The molecule has 0 saturated carbocycles. The van der Waals surface area contributed by atoms with Gasteiger partial charge in [-0.25, -0.2) is 4.79 Å². The van der Waals surface area contributed by atoms with E-state index in [0.717, 1.165) is 32.1 Å². The zero-order chi connectivity index (χ0) is 17.4. The van der Waals surface area contributed by atoms with Gasteiger partial charge in [0.1, 0.15) is 0 Å². The molecule has 0 heterocycles. The van der Waals surface area contributed by atoms with Gasteiger partial charge in [-0.3, -0.25) is 0 Å². The van der Waals surface area contributed by atoms with Crippen molar-refractivity contribution in [1.82, 2.24) is 0 Å². The van der Waals surface area contributed by atoms with Gasteiger partial charge < -0.3 is 4.74 Å². The van der Waals surface area contributed by atoms with E-state index in [2.05, 4.69) is 24.8 Å². The highest BCUT2D eigenvalue weighted by atomic mass is 35.6. The third kappa shape index (κ3) is 16.3. The molecule has 0 fully saturated rings. The van der Waals surface area contributed by atoms with Gasteiger partial charge in [-0.1, -0.05) is 98.2 Å². The fourth-order valence-corrected chi connectivity index (χ4v) is 2.09. The van der Waals surface area contributed by atoms with Gasteiger partial charge in [0.25, 0.3) is 3.79 Å². The van der Waals surface area contributed by atoms with Crippen molar-refractivity contribution in [3.8, 4) is 11.8 Å². The molecule has 0 spiro atoms. The molecule has 0 aromatic heterocycles. The van der Waals surface area contributed by atoms with Crippen molar-refractivity contribution in [3.05, 3.63) is 12.2 Å². The average molecular weight is 382 g/mol. The summed E-state index contributed by atoms with van der Waals surface area (Å²) < 4.78 is 2.90. The third-order valence-corrected chi connectivity index (χ3v) is 3.66. The van der Waals surface area contributed by atoms with Crippen molar-refractivity contribution in [3.63, 3.8) is 0 Å². The van der Waals surface area contributed by atoms with Crippen LogP contribution in [0.3, 0.4) is 0 Å². The maximum absolute atomic E-state index is 11.2. The minimum absolute atomic E-state index is 0.317. The lowest BCUT2D eigenvalue weighted by Gasteiger charge is -2.10. The molecule has 0 bridgehead atoms. The lowest BCUT2D eigenvalue weighted by Crippen LogP contribution is -2.22. The molecule has 0 unspecified atom stereocenters. The fourth-order valence-electron chi connectivity index (χ4n) is 1.93. The van der Waals surface area contributed by atoms with Gasteiger partial charge in [0.15, 0.2) is 0 Å². The molecule has 2 nitrogen and oxygen atoms in total. The maximum atomic E-state index is 11.2. The Labute approximate surface area is 155 Å². The SMILES string of the molecule is CC/C=C\C#CCCCCCCCCCCOC(=O)C(Cl)(Cl)Cl. The second-order valence-electron chi connectivity index (χ2n) is 5.34. The maximum Gasteiger partial charge on any atom is 0.358 e. The van der Waals surface area contributed by atoms with Crippen molar-refractivity contribution in [2.45, 2.75) is 74.9 Å². The van der Waals surface area contributed by atoms with Crippen LogP contribution in [0.2, 0.25) is 0 Å². The molecule has 0 aliphatic heterocycles. The summed E-state index contributed by atoms with van der Waals surface area (Å²) in [6, 6.07) is 0. The molecule has 0 aromatic rings. The molecule has 0 atom stereocenters. The van der Waals surface area contributed by atoms with E-state index in [4.69, 9.17) is 39.5 Å². The number of rotatable bonds is 11. The summed E-state index contributed by atoms with van der Waals surface area (Å²) >= 11 is 16.2. The van der Waals surface area contributed by atoms with Crippen LogP contribution in [0.15, 0.2) is 12.2 Å². The Hall–Kier alpha value is -0.360. The number of esters is 1. The normalized spacial score (nSPS) is 11.3. The number of alkyl halides is 3. The lowest BCUT2D eigenvalue weighted by atomic mass is 10.1. The van der Waals surface area contributed by atoms with Crippen molar-refractivity contribution < 1.29 is 9.53 Å². The van der Waals surface area contributed by atoms with Crippen LogP contribution in [0.4, 0.5) is 0 Å². The van der Waals surface area contributed by atoms with E-state index in [9.17, 15) is 4.79 Å². The molecule has 0 N–H and O–H groups in total. The van der Waals surface area contributed by atoms with Crippen LogP contribution in [0.1, 0.15) is 71.1 Å². The van der Waals surface area contributed by atoms with E-state index < -0.39 is 9.76 Å². The monoisotopic (exact) mass is 380 g/mol. The zero-order valence-electron chi connectivity index (χ0n) is 13.9. The van der Waals surface area contributed by atoms with Crippen LogP contribution >= 0.6 is 34.8 Å². The minimum atomic E-state index is -1.96. The highest BCUT2D eigenvalue weighted by Crippen LogP contribution is 2.27. The molecule has 0 radical (unpaired) electrons. The molecule has 0 aromatic carbocycles. The lowest BCUT2D eigenvalue weighted by molar-refractivity contribution is -0.142. The molecule has 0 aliphatic carbocycles. The van der Waals surface area contributed by atoms with E-state index in [1.54, 1.807) is 0 Å². The first-order valence-corrected chi connectivity index (χ1v) is 9.49. The zero-order valence-corrected chi connectivity index (χ0v) is 16.2. The largest absolute Gasteiger partial charge is 0.463 e. The highest BCUT2D eigenvalue weighted by Gasteiger charge is 2.32. The van der Waals surface area contributed by atoms with Crippen molar-refractivity contribution >= 4 is 40.8 Å². The van der Waals surface area contributed by atoms with Gasteiger partial charge in [0.2, 0.25) is 0 Å².